The van der Waals surface area contributed by atoms with Gasteiger partial charge in [0, 0.05) is 18.0 Å². The Morgan fingerprint density at radius 1 is 1.42 bits per heavy atom. The molecule has 1 aliphatic carbocycles. The van der Waals surface area contributed by atoms with Crippen LogP contribution >= 0.6 is 0 Å². The summed E-state index contributed by atoms with van der Waals surface area (Å²) in [4.78, 5) is 14.1. The Morgan fingerprint density at radius 3 is 2.89 bits per heavy atom. The molecule has 1 saturated carbocycles. The third kappa shape index (κ3) is 1.75. The highest BCUT2D eigenvalue weighted by Gasteiger charge is 2.50. The lowest BCUT2D eigenvalue weighted by molar-refractivity contribution is -0.0196. The number of ether oxygens (including phenoxy) is 1. The monoisotopic (exact) mass is 259 g/mol. The molecule has 102 valence electrons. The van der Waals surface area contributed by atoms with Gasteiger partial charge in [-0.15, -0.1) is 0 Å². The van der Waals surface area contributed by atoms with Gasteiger partial charge >= 0.3 is 6.09 Å². The van der Waals surface area contributed by atoms with Crippen molar-refractivity contribution in [2.45, 2.75) is 45.1 Å². The lowest BCUT2D eigenvalue weighted by Gasteiger charge is -2.43. The van der Waals surface area contributed by atoms with Crippen LogP contribution in [0.3, 0.4) is 0 Å². The average Bonchev–Trinajstić information content (AvgIpc) is 2.77. The molecule has 0 radical (unpaired) electrons. The van der Waals surface area contributed by atoms with E-state index in [1.807, 2.05) is 6.07 Å². The number of rotatable bonds is 2. The summed E-state index contributed by atoms with van der Waals surface area (Å²) in [5.41, 5.74) is 1.88. The van der Waals surface area contributed by atoms with E-state index in [1.54, 1.807) is 4.90 Å². The second-order valence-electron chi connectivity index (χ2n) is 5.72. The number of anilines is 1. The Hall–Kier alpha value is -1.51. The summed E-state index contributed by atoms with van der Waals surface area (Å²) in [7, 11) is 0. The lowest BCUT2D eigenvalue weighted by Crippen LogP contribution is -2.47. The Kier molecular flexibility index (Phi) is 3.00. The van der Waals surface area contributed by atoms with Crippen molar-refractivity contribution in [1.82, 2.24) is 0 Å². The molecule has 0 bridgehead atoms. The van der Waals surface area contributed by atoms with Gasteiger partial charge in [0.2, 0.25) is 0 Å². The van der Waals surface area contributed by atoms with Gasteiger partial charge in [0.1, 0.15) is 5.60 Å². The number of fused-ring (bicyclic) bond motifs is 2. The van der Waals surface area contributed by atoms with Crippen molar-refractivity contribution in [2.24, 2.45) is 5.92 Å². The minimum absolute atomic E-state index is 0.172. The number of hydrogen-bond donors (Lipinski definition) is 0. The first-order valence-corrected chi connectivity index (χ1v) is 7.29. The van der Waals surface area contributed by atoms with Gasteiger partial charge in [-0.05, 0) is 31.7 Å². The Bertz CT molecular complexity index is 499. The summed E-state index contributed by atoms with van der Waals surface area (Å²) in [5.74, 6) is 0.404. The summed E-state index contributed by atoms with van der Waals surface area (Å²) >= 11 is 0. The van der Waals surface area contributed by atoms with Crippen molar-refractivity contribution in [3.63, 3.8) is 0 Å². The van der Waals surface area contributed by atoms with E-state index < -0.39 is 0 Å². The molecule has 1 spiro atoms. The van der Waals surface area contributed by atoms with E-state index in [1.165, 1.54) is 5.56 Å². The summed E-state index contributed by atoms with van der Waals surface area (Å²) in [6.45, 7) is 5.01. The molecule has 0 saturated heterocycles. The number of para-hydroxylation sites is 1. The fourth-order valence-electron chi connectivity index (χ4n) is 3.57. The molecule has 3 heteroatoms. The maximum absolute atomic E-state index is 12.4. The van der Waals surface area contributed by atoms with Gasteiger partial charge in [0.05, 0.1) is 5.69 Å². The molecule has 1 aromatic carbocycles. The molecule has 2 atom stereocenters. The van der Waals surface area contributed by atoms with Crippen LogP contribution in [0.4, 0.5) is 10.5 Å². The summed E-state index contributed by atoms with van der Waals surface area (Å²) in [6, 6.07) is 8.24. The highest BCUT2D eigenvalue weighted by Crippen LogP contribution is 2.52. The second-order valence-corrected chi connectivity index (χ2v) is 5.72. The van der Waals surface area contributed by atoms with Crippen molar-refractivity contribution in [3.8, 4) is 0 Å². The molecule has 1 aliphatic heterocycles. The molecular weight excluding hydrogens is 238 g/mol. The minimum Gasteiger partial charge on any atom is -0.437 e. The Balaban J connectivity index is 2.12. The number of benzene rings is 1. The quantitative estimate of drug-likeness (QED) is 0.801. The molecular formula is C16H21NO2. The predicted octanol–water partition coefficient (Wildman–Crippen LogP) is 4.07. The first-order chi connectivity index (χ1) is 9.19. The van der Waals surface area contributed by atoms with Crippen LogP contribution in [0.15, 0.2) is 24.3 Å². The SMILES string of the molecule is CCCN1C(=O)O[C@@]2(CCC[C@@H]2C)c2ccccc21. The molecule has 1 aromatic rings. The molecule has 1 amide bonds. The first kappa shape index (κ1) is 12.5. The van der Waals surface area contributed by atoms with Gasteiger partial charge in [0.25, 0.3) is 0 Å². The van der Waals surface area contributed by atoms with Gasteiger partial charge in [-0.25, -0.2) is 4.79 Å². The third-order valence-corrected chi connectivity index (χ3v) is 4.57. The number of carbonyl (C=O) groups excluding carboxylic acids is 1. The van der Waals surface area contributed by atoms with E-state index in [4.69, 9.17) is 4.74 Å². The molecule has 2 aliphatic rings. The van der Waals surface area contributed by atoms with Gasteiger partial charge in [-0.2, -0.15) is 0 Å². The normalized spacial score (nSPS) is 29.5. The maximum Gasteiger partial charge on any atom is 0.415 e. The molecule has 1 heterocycles. The van der Waals surface area contributed by atoms with Crippen LogP contribution in [-0.4, -0.2) is 12.6 Å². The van der Waals surface area contributed by atoms with E-state index in [0.29, 0.717) is 5.92 Å². The minimum atomic E-state index is -0.377. The van der Waals surface area contributed by atoms with Crippen LogP contribution in [0, 0.1) is 5.92 Å². The van der Waals surface area contributed by atoms with Gasteiger partial charge < -0.3 is 4.74 Å². The number of nitrogens with zero attached hydrogens (tertiary/aromatic N) is 1. The third-order valence-electron chi connectivity index (χ3n) is 4.57. The summed E-state index contributed by atoms with van der Waals surface area (Å²) < 4.78 is 5.93. The van der Waals surface area contributed by atoms with Gasteiger partial charge in [0.15, 0.2) is 0 Å². The highest BCUT2D eigenvalue weighted by molar-refractivity contribution is 5.91. The maximum atomic E-state index is 12.4. The largest absolute Gasteiger partial charge is 0.437 e. The number of hydrogen-bond acceptors (Lipinski definition) is 2. The van der Waals surface area contributed by atoms with Crippen molar-refractivity contribution in [3.05, 3.63) is 29.8 Å². The molecule has 3 nitrogen and oxygen atoms in total. The van der Waals surface area contributed by atoms with Crippen molar-refractivity contribution >= 4 is 11.8 Å². The van der Waals surface area contributed by atoms with E-state index in [9.17, 15) is 4.79 Å². The molecule has 3 rings (SSSR count). The van der Waals surface area contributed by atoms with Gasteiger partial charge in [-0.3, -0.25) is 4.90 Å². The topological polar surface area (TPSA) is 29.5 Å². The predicted molar refractivity (Wildman–Crippen MR) is 75.3 cm³/mol. The van der Waals surface area contributed by atoms with Crippen LogP contribution in [0.2, 0.25) is 0 Å². The average molecular weight is 259 g/mol. The smallest absolute Gasteiger partial charge is 0.415 e. The van der Waals surface area contributed by atoms with Crippen LogP contribution in [-0.2, 0) is 10.3 Å². The zero-order chi connectivity index (χ0) is 13.5. The second kappa shape index (κ2) is 4.55. The molecule has 19 heavy (non-hydrogen) atoms. The molecule has 0 N–H and O–H groups in total. The van der Waals surface area contributed by atoms with E-state index in [2.05, 4.69) is 32.0 Å². The zero-order valence-electron chi connectivity index (χ0n) is 11.7. The first-order valence-electron chi connectivity index (χ1n) is 7.29. The van der Waals surface area contributed by atoms with Crippen molar-refractivity contribution in [2.75, 3.05) is 11.4 Å². The van der Waals surface area contributed by atoms with Crippen molar-refractivity contribution in [1.29, 1.82) is 0 Å². The van der Waals surface area contributed by atoms with Crippen LogP contribution in [0.5, 0.6) is 0 Å². The zero-order valence-corrected chi connectivity index (χ0v) is 11.7. The molecule has 0 aromatic heterocycles. The van der Waals surface area contributed by atoms with E-state index in [-0.39, 0.29) is 11.7 Å². The summed E-state index contributed by atoms with van der Waals surface area (Å²) in [6.07, 6.45) is 3.99. The highest BCUT2D eigenvalue weighted by atomic mass is 16.6. The fraction of sp³-hybridized carbons (Fsp3) is 0.562. The van der Waals surface area contributed by atoms with Crippen molar-refractivity contribution < 1.29 is 9.53 Å². The van der Waals surface area contributed by atoms with E-state index >= 15 is 0 Å². The van der Waals surface area contributed by atoms with Crippen LogP contribution in [0.25, 0.3) is 0 Å². The lowest BCUT2D eigenvalue weighted by atomic mass is 9.82. The van der Waals surface area contributed by atoms with Gasteiger partial charge in [-0.1, -0.05) is 32.0 Å². The Morgan fingerprint density at radius 2 is 2.21 bits per heavy atom. The summed E-state index contributed by atoms with van der Waals surface area (Å²) in [5, 5.41) is 0. The standard InChI is InChI=1S/C16H21NO2/c1-3-11-17-14-9-5-4-8-13(14)16(19-15(17)18)10-6-7-12(16)2/h4-5,8-9,12H,3,6-7,10-11H2,1-2H3/t12-,16+/m0/s1. The number of amides is 1. The fourth-order valence-corrected chi connectivity index (χ4v) is 3.57. The Labute approximate surface area is 114 Å². The van der Waals surface area contributed by atoms with Crippen LogP contribution in [0.1, 0.15) is 45.1 Å². The number of carbonyl (C=O) groups is 1. The van der Waals surface area contributed by atoms with Crippen LogP contribution < -0.4 is 4.90 Å². The molecule has 1 fully saturated rings. The molecule has 0 unspecified atom stereocenters. The van der Waals surface area contributed by atoms with E-state index in [0.717, 1.165) is 37.9 Å².